The number of hydrogen-bond donors (Lipinski definition) is 1. The van der Waals surface area contributed by atoms with E-state index in [-0.39, 0.29) is 43.4 Å². The molecule has 1 N–H and O–H groups in total. The molecule has 0 bridgehead atoms. The lowest BCUT2D eigenvalue weighted by Crippen LogP contribution is -2.46. The Bertz CT molecular complexity index is 999. The van der Waals surface area contributed by atoms with Gasteiger partial charge < -0.3 is 10.2 Å². The third kappa shape index (κ3) is 6.78. The van der Waals surface area contributed by atoms with Crippen molar-refractivity contribution in [3.8, 4) is 0 Å². The van der Waals surface area contributed by atoms with E-state index in [0.29, 0.717) is 0 Å². The number of sulfonamides is 1. The highest BCUT2D eigenvalue weighted by molar-refractivity contribution is 7.92. The van der Waals surface area contributed by atoms with Crippen molar-refractivity contribution in [2.24, 2.45) is 0 Å². The molecule has 0 saturated heterocycles. The molecule has 0 aliphatic heterocycles. The summed E-state index contributed by atoms with van der Waals surface area (Å²) in [4.78, 5) is 26.6. The number of carbonyl (C=O) groups excluding carboxylic acids is 2. The second-order valence-electron chi connectivity index (χ2n) is 7.19. The minimum Gasteiger partial charge on any atom is -0.357 e. The lowest BCUT2D eigenvalue weighted by atomic mass is 10.1. The molecule has 2 aromatic carbocycles. The summed E-state index contributed by atoms with van der Waals surface area (Å²) in [6.07, 6.45) is 1.18. The van der Waals surface area contributed by atoms with Crippen LogP contribution in [0.4, 0.5) is 10.1 Å². The second-order valence-corrected chi connectivity index (χ2v) is 9.09. The maximum atomic E-state index is 14.1. The number of anilines is 1. The standard InChI is InChI=1S/C22H28FN3O4S/c1-17(22(28)24-2)25(16-18-10-5-4-6-11-18)21(27)14-9-15-26(31(3,29)30)20-13-8-7-12-19(20)23/h4-8,10-13,17H,9,14-16H2,1-3H3,(H,24,28)/t17-/m1/s1. The van der Waals surface area contributed by atoms with Gasteiger partial charge in [-0.3, -0.25) is 13.9 Å². The largest absolute Gasteiger partial charge is 0.357 e. The van der Waals surface area contributed by atoms with E-state index in [9.17, 15) is 22.4 Å². The van der Waals surface area contributed by atoms with Crippen molar-refractivity contribution in [2.75, 3.05) is 24.2 Å². The Morgan fingerprint density at radius 3 is 2.26 bits per heavy atom. The van der Waals surface area contributed by atoms with Crippen LogP contribution in [-0.2, 0) is 26.2 Å². The zero-order chi connectivity index (χ0) is 23.0. The molecule has 2 amide bonds. The van der Waals surface area contributed by atoms with Crippen LogP contribution in [0.5, 0.6) is 0 Å². The molecule has 31 heavy (non-hydrogen) atoms. The van der Waals surface area contributed by atoms with Gasteiger partial charge in [0.15, 0.2) is 0 Å². The summed E-state index contributed by atoms with van der Waals surface area (Å²) in [6.45, 7) is 1.83. The van der Waals surface area contributed by atoms with Crippen LogP contribution in [0.15, 0.2) is 54.6 Å². The summed E-state index contributed by atoms with van der Waals surface area (Å²) in [5.41, 5.74) is 0.813. The molecule has 0 radical (unpaired) electrons. The van der Waals surface area contributed by atoms with Gasteiger partial charge in [-0.25, -0.2) is 12.8 Å². The molecule has 0 spiro atoms. The number of halogens is 1. The predicted octanol–water partition coefficient (Wildman–Crippen LogP) is 2.54. The summed E-state index contributed by atoms with van der Waals surface area (Å²) in [5.74, 6) is -1.24. The quantitative estimate of drug-likeness (QED) is 0.604. The molecule has 9 heteroatoms. The van der Waals surface area contributed by atoms with E-state index in [4.69, 9.17) is 0 Å². The van der Waals surface area contributed by atoms with Crippen molar-refractivity contribution in [1.29, 1.82) is 0 Å². The summed E-state index contributed by atoms with van der Waals surface area (Å²) < 4.78 is 39.5. The minimum absolute atomic E-state index is 0.00857. The smallest absolute Gasteiger partial charge is 0.242 e. The van der Waals surface area contributed by atoms with Crippen LogP contribution in [0.1, 0.15) is 25.3 Å². The highest BCUT2D eigenvalue weighted by Crippen LogP contribution is 2.22. The van der Waals surface area contributed by atoms with Crippen molar-refractivity contribution in [3.63, 3.8) is 0 Å². The van der Waals surface area contributed by atoms with Crippen molar-refractivity contribution >= 4 is 27.5 Å². The van der Waals surface area contributed by atoms with Gasteiger partial charge in [-0.2, -0.15) is 0 Å². The molecular weight excluding hydrogens is 421 g/mol. The molecule has 1 atom stereocenters. The fourth-order valence-electron chi connectivity index (χ4n) is 3.21. The number of nitrogens with one attached hydrogen (secondary N) is 1. The van der Waals surface area contributed by atoms with Crippen molar-refractivity contribution in [1.82, 2.24) is 10.2 Å². The molecule has 0 unspecified atom stereocenters. The van der Waals surface area contributed by atoms with Crippen LogP contribution < -0.4 is 9.62 Å². The number of hydrogen-bond acceptors (Lipinski definition) is 4. The number of para-hydroxylation sites is 1. The average Bonchev–Trinajstić information content (AvgIpc) is 2.74. The Kier molecular flexibility index (Phi) is 8.56. The van der Waals surface area contributed by atoms with E-state index >= 15 is 0 Å². The first kappa shape index (κ1) is 24.3. The molecular formula is C22H28FN3O4S. The van der Waals surface area contributed by atoms with Gasteiger partial charge in [0, 0.05) is 26.6 Å². The van der Waals surface area contributed by atoms with Gasteiger partial charge in [-0.1, -0.05) is 42.5 Å². The molecule has 7 nitrogen and oxygen atoms in total. The molecule has 0 aromatic heterocycles. The SMILES string of the molecule is CNC(=O)[C@@H](C)N(Cc1ccccc1)C(=O)CCCN(c1ccccc1F)S(C)(=O)=O. The lowest BCUT2D eigenvalue weighted by Gasteiger charge is -2.29. The van der Waals surface area contributed by atoms with Gasteiger partial charge in [0.25, 0.3) is 0 Å². The van der Waals surface area contributed by atoms with Crippen molar-refractivity contribution in [2.45, 2.75) is 32.4 Å². The molecule has 0 saturated carbocycles. The first-order chi connectivity index (χ1) is 14.6. The Morgan fingerprint density at radius 1 is 1.06 bits per heavy atom. The highest BCUT2D eigenvalue weighted by Gasteiger charge is 2.26. The van der Waals surface area contributed by atoms with E-state index in [1.54, 1.807) is 13.0 Å². The Hall–Kier alpha value is -2.94. The Labute approximate surface area is 182 Å². The molecule has 0 aliphatic rings. The van der Waals surface area contributed by atoms with Crippen LogP contribution in [0.25, 0.3) is 0 Å². The van der Waals surface area contributed by atoms with Gasteiger partial charge in [0.1, 0.15) is 11.9 Å². The average molecular weight is 450 g/mol. The summed E-state index contributed by atoms with van der Waals surface area (Å²) in [7, 11) is -2.23. The number of nitrogens with zero attached hydrogens (tertiary/aromatic N) is 2. The molecule has 2 rings (SSSR count). The van der Waals surface area contributed by atoms with Crippen molar-refractivity contribution in [3.05, 3.63) is 66.0 Å². The van der Waals surface area contributed by atoms with Gasteiger partial charge >= 0.3 is 0 Å². The van der Waals surface area contributed by atoms with E-state index in [0.717, 1.165) is 16.1 Å². The summed E-state index contributed by atoms with van der Waals surface area (Å²) in [5, 5.41) is 2.55. The summed E-state index contributed by atoms with van der Waals surface area (Å²) in [6, 6.07) is 14.2. The van der Waals surface area contributed by atoms with Gasteiger partial charge in [0.05, 0.1) is 11.9 Å². The first-order valence-electron chi connectivity index (χ1n) is 9.92. The Morgan fingerprint density at radius 2 is 1.68 bits per heavy atom. The fourth-order valence-corrected chi connectivity index (χ4v) is 4.17. The zero-order valence-corrected chi connectivity index (χ0v) is 18.7. The summed E-state index contributed by atoms with van der Waals surface area (Å²) >= 11 is 0. The molecule has 0 aliphatic carbocycles. The number of benzene rings is 2. The normalized spacial score (nSPS) is 12.1. The van der Waals surface area contributed by atoms with Gasteiger partial charge in [0.2, 0.25) is 21.8 Å². The lowest BCUT2D eigenvalue weighted by molar-refractivity contribution is -0.140. The third-order valence-electron chi connectivity index (χ3n) is 4.88. The second kappa shape index (κ2) is 10.9. The maximum absolute atomic E-state index is 14.1. The number of carbonyl (C=O) groups is 2. The van der Waals surface area contributed by atoms with Gasteiger partial charge in [-0.15, -0.1) is 0 Å². The van der Waals surface area contributed by atoms with E-state index in [2.05, 4.69) is 5.32 Å². The van der Waals surface area contributed by atoms with E-state index in [1.807, 2.05) is 30.3 Å². The van der Waals surface area contributed by atoms with Crippen LogP contribution in [-0.4, -0.2) is 51.0 Å². The zero-order valence-electron chi connectivity index (χ0n) is 17.9. The number of rotatable bonds is 10. The number of likely N-dealkylation sites (N-methyl/N-ethyl adjacent to an activating group) is 1. The fraction of sp³-hybridized carbons (Fsp3) is 0.364. The minimum atomic E-state index is -3.74. The van der Waals surface area contributed by atoms with Crippen LogP contribution in [0, 0.1) is 5.82 Å². The van der Waals surface area contributed by atoms with Crippen LogP contribution >= 0.6 is 0 Å². The number of amides is 2. The third-order valence-corrected chi connectivity index (χ3v) is 6.06. The predicted molar refractivity (Wildman–Crippen MR) is 118 cm³/mol. The highest BCUT2D eigenvalue weighted by atomic mass is 32.2. The van der Waals surface area contributed by atoms with E-state index < -0.39 is 21.9 Å². The van der Waals surface area contributed by atoms with E-state index in [1.165, 1.54) is 30.1 Å². The Balaban J connectivity index is 2.13. The molecule has 2 aromatic rings. The topological polar surface area (TPSA) is 86.8 Å². The van der Waals surface area contributed by atoms with Crippen LogP contribution in [0.3, 0.4) is 0 Å². The van der Waals surface area contributed by atoms with Crippen molar-refractivity contribution < 1.29 is 22.4 Å². The molecule has 168 valence electrons. The maximum Gasteiger partial charge on any atom is 0.242 e. The monoisotopic (exact) mass is 449 g/mol. The molecule has 0 fully saturated rings. The first-order valence-corrected chi connectivity index (χ1v) is 11.8. The van der Waals surface area contributed by atoms with Gasteiger partial charge in [-0.05, 0) is 31.0 Å². The molecule has 0 heterocycles. The van der Waals surface area contributed by atoms with Crippen LogP contribution in [0.2, 0.25) is 0 Å².